The Morgan fingerprint density at radius 3 is 2.24 bits per heavy atom. The van der Waals surface area contributed by atoms with Crippen molar-refractivity contribution in [3.05, 3.63) is 47.5 Å². The summed E-state index contributed by atoms with van der Waals surface area (Å²) in [5.41, 5.74) is 0.967. The average Bonchev–Trinajstić information content (AvgIpc) is 3.46. The molecule has 1 aromatic carbocycles. The van der Waals surface area contributed by atoms with Gasteiger partial charge in [-0.05, 0) is 43.4 Å². The number of anilines is 1. The number of hydrogen-bond acceptors (Lipinski definition) is 6. The van der Waals surface area contributed by atoms with Crippen molar-refractivity contribution >= 4 is 17.6 Å². The molecule has 4 rings (SSSR count). The molecule has 9 heteroatoms. The minimum absolute atomic E-state index is 0.0104. The molecule has 2 aromatic rings. The zero-order chi connectivity index (χ0) is 23.2. The predicted molar refractivity (Wildman–Crippen MR) is 122 cm³/mol. The van der Waals surface area contributed by atoms with Crippen LogP contribution in [0.5, 0.6) is 0 Å². The van der Waals surface area contributed by atoms with Gasteiger partial charge in [0.15, 0.2) is 5.82 Å². The Morgan fingerprint density at radius 1 is 1.06 bits per heavy atom. The van der Waals surface area contributed by atoms with E-state index in [9.17, 15) is 14.0 Å². The van der Waals surface area contributed by atoms with Gasteiger partial charge in [0.25, 0.3) is 0 Å². The van der Waals surface area contributed by atoms with Crippen molar-refractivity contribution in [2.75, 3.05) is 44.6 Å². The smallest absolute Gasteiger partial charge is 0.239 e. The number of aromatic nitrogens is 1. The number of piperazine rings is 1. The fourth-order valence-corrected chi connectivity index (χ4v) is 4.77. The van der Waals surface area contributed by atoms with Crippen molar-refractivity contribution in [1.82, 2.24) is 20.3 Å². The summed E-state index contributed by atoms with van der Waals surface area (Å²) in [4.78, 5) is 29.3. The third kappa shape index (κ3) is 6.61. The Hall–Kier alpha value is -2.78. The molecule has 178 valence electrons. The van der Waals surface area contributed by atoms with Gasteiger partial charge in [0, 0.05) is 32.2 Å². The number of rotatable bonds is 8. The summed E-state index contributed by atoms with van der Waals surface area (Å²) in [7, 11) is 0. The number of aryl methyl sites for hydroxylation is 1. The van der Waals surface area contributed by atoms with Gasteiger partial charge in [-0.2, -0.15) is 0 Å². The molecule has 2 N–H and O–H groups in total. The Labute approximate surface area is 193 Å². The molecule has 2 heterocycles. The zero-order valence-corrected chi connectivity index (χ0v) is 19.1. The van der Waals surface area contributed by atoms with Crippen molar-refractivity contribution in [2.45, 2.75) is 38.6 Å². The quantitative estimate of drug-likeness (QED) is 0.634. The molecule has 33 heavy (non-hydrogen) atoms. The second kappa shape index (κ2) is 10.9. The van der Waals surface area contributed by atoms with Gasteiger partial charge in [-0.25, -0.2) is 4.39 Å². The van der Waals surface area contributed by atoms with Gasteiger partial charge in [-0.3, -0.25) is 19.4 Å². The van der Waals surface area contributed by atoms with E-state index in [1.807, 2.05) is 0 Å². The first kappa shape index (κ1) is 23.4. The van der Waals surface area contributed by atoms with E-state index in [1.54, 1.807) is 25.1 Å². The Bertz CT molecular complexity index is 934. The van der Waals surface area contributed by atoms with Gasteiger partial charge in [0.05, 0.1) is 19.1 Å². The molecule has 1 aliphatic heterocycles. The third-order valence-electron chi connectivity index (χ3n) is 6.51. The van der Waals surface area contributed by atoms with E-state index >= 15 is 0 Å². The van der Waals surface area contributed by atoms with Crippen LogP contribution in [0.15, 0.2) is 34.9 Å². The highest BCUT2D eigenvalue weighted by molar-refractivity contribution is 5.91. The molecule has 1 unspecified atom stereocenters. The van der Waals surface area contributed by atoms with Crippen LogP contribution < -0.4 is 10.6 Å². The first-order chi connectivity index (χ1) is 16.0. The largest absolute Gasteiger partial charge is 0.360 e. The normalized spacial score (nSPS) is 18.8. The molecule has 1 saturated heterocycles. The molecular weight excluding hydrogens is 425 g/mol. The van der Waals surface area contributed by atoms with Gasteiger partial charge in [0.1, 0.15) is 11.6 Å². The molecule has 1 atom stereocenters. The molecule has 0 bridgehead atoms. The molecule has 1 saturated carbocycles. The second-order valence-electron chi connectivity index (χ2n) is 9.06. The first-order valence-corrected chi connectivity index (χ1v) is 11.7. The molecule has 0 radical (unpaired) electrons. The molecule has 2 amide bonds. The van der Waals surface area contributed by atoms with E-state index in [-0.39, 0.29) is 30.2 Å². The van der Waals surface area contributed by atoms with E-state index in [1.165, 1.54) is 25.0 Å². The molecule has 8 nitrogen and oxygen atoms in total. The van der Waals surface area contributed by atoms with E-state index in [4.69, 9.17) is 4.52 Å². The Morgan fingerprint density at radius 2 is 1.67 bits per heavy atom. The SMILES string of the molecule is Cc1cc(NC(=O)CN2CCN(CC(=O)NC(c3ccc(F)cc3)C3CCCC3)CC2)no1. The number of hydrogen-bond donors (Lipinski definition) is 2. The van der Waals surface area contributed by atoms with Crippen LogP contribution in [0.1, 0.15) is 43.0 Å². The van der Waals surface area contributed by atoms with Crippen molar-refractivity contribution in [3.63, 3.8) is 0 Å². The summed E-state index contributed by atoms with van der Waals surface area (Å²) in [5.74, 6) is 1.05. The highest BCUT2D eigenvalue weighted by Gasteiger charge is 2.29. The molecule has 0 spiro atoms. The van der Waals surface area contributed by atoms with Crippen LogP contribution in [0.3, 0.4) is 0 Å². The van der Waals surface area contributed by atoms with Crippen LogP contribution in [0.25, 0.3) is 0 Å². The minimum atomic E-state index is -0.266. The van der Waals surface area contributed by atoms with Crippen molar-refractivity contribution in [2.24, 2.45) is 5.92 Å². The van der Waals surface area contributed by atoms with Crippen molar-refractivity contribution in [3.8, 4) is 0 Å². The summed E-state index contributed by atoms with van der Waals surface area (Å²) in [6.45, 7) is 5.23. The van der Waals surface area contributed by atoms with Gasteiger partial charge >= 0.3 is 0 Å². The Balaban J connectivity index is 1.24. The monoisotopic (exact) mass is 457 g/mol. The number of amides is 2. The number of benzene rings is 1. The maximum absolute atomic E-state index is 13.4. The molecule has 2 aliphatic rings. The van der Waals surface area contributed by atoms with Gasteiger partial charge in [0.2, 0.25) is 11.8 Å². The van der Waals surface area contributed by atoms with Crippen LogP contribution in [-0.4, -0.2) is 66.0 Å². The van der Waals surface area contributed by atoms with Crippen LogP contribution in [0.4, 0.5) is 10.2 Å². The van der Waals surface area contributed by atoms with Crippen molar-refractivity contribution in [1.29, 1.82) is 0 Å². The highest BCUT2D eigenvalue weighted by Crippen LogP contribution is 2.35. The zero-order valence-electron chi connectivity index (χ0n) is 19.1. The maximum Gasteiger partial charge on any atom is 0.239 e. The maximum atomic E-state index is 13.4. The summed E-state index contributed by atoms with van der Waals surface area (Å²) < 4.78 is 18.3. The van der Waals surface area contributed by atoms with Crippen LogP contribution in [0, 0.1) is 18.7 Å². The number of nitrogens with zero attached hydrogens (tertiary/aromatic N) is 3. The van der Waals surface area contributed by atoms with E-state index in [2.05, 4.69) is 25.6 Å². The molecule has 1 aliphatic carbocycles. The predicted octanol–water partition coefficient (Wildman–Crippen LogP) is 2.73. The van der Waals surface area contributed by atoms with Crippen LogP contribution in [0.2, 0.25) is 0 Å². The van der Waals surface area contributed by atoms with Crippen molar-refractivity contribution < 1.29 is 18.5 Å². The van der Waals surface area contributed by atoms with E-state index in [0.717, 1.165) is 18.4 Å². The summed E-state index contributed by atoms with van der Waals surface area (Å²) in [5, 5.41) is 9.73. The molecule has 2 fully saturated rings. The van der Waals surface area contributed by atoms with Crippen LogP contribution >= 0.6 is 0 Å². The fraction of sp³-hybridized carbons (Fsp3) is 0.542. The third-order valence-corrected chi connectivity index (χ3v) is 6.51. The lowest BCUT2D eigenvalue weighted by Crippen LogP contribution is -2.51. The first-order valence-electron chi connectivity index (χ1n) is 11.7. The van der Waals surface area contributed by atoms with Gasteiger partial charge in [-0.15, -0.1) is 0 Å². The summed E-state index contributed by atoms with van der Waals surface area (Å²) >= 11 is 0. The standard InChI is InChI=1S/C24H32FN5O3/c1-17-14-21(28-33-17)26-22(31)15-29-10-12-30(13-11-29)16-23(32)27-24(18-4-2-3-5-18)19-6-8-20(25)9-7-19/h6-9,14,18,24H,2-5,10-13,15-16H2,1H3,(H,27,32)(H,26,28,31). The minimum Gasteiger partial charge on any atom is -0.360 e. The van der Waals surface area contributed by atoms with Gasteiger partial charge in [-0.1, -0.05) is 30.1 Å². The number of carbonyl (C=O) groups excluding carboxylic acids is 2. The lowest BCUT2D eigenvalue weighted by molar-refractivity contribution is -0.124. The average molecular weight is 458 g/mol. The number of halogens is 1. The summed E-state index contributed by atoms with van der Waals surface area (Å²) in [6, 6.07) is 8.08. The number of nitrogens with one attached hydrogen (secondary N) is 2. The summed E-state index contributed by atoms with van der Waals surface area (Å²) in [6.07, 6.45) is 4.50. The lowest BCUT2D eigenvalue weighted by Gasteiger charge is -2.34. The fourth-order valence-electron chi connectivity index (χ4n) is 4.77. The Kier molecular flexibility index (Phi) is 7.72. The van der Waals surface area contributed by atoms with Gasteiger partial charge < -0.3 is 15.2 Å². The number of carbonyl (C=O) groups is 2. The molecular formula is C24H32FN5O3. The highest BCUT2D eigenvalue weighted by atomic mass is 19.1. The van der Waals surface area contributed by atoms with E-state index < -0.39 is 0 Å². The lowest BCUT2D eigenvalue weighted by atomic mass is 9.91. The molecule has 1 aromatic heterocycles. The second-order valence-corrected chi connectivity index (χ2v) is 9.06. The van der Waals surface area contributed by atoms with E-state index in [0.29, 0.717) is 50.2 Å². The van der Waals surface area contributed by atoms with Crippen LogP contribution in [-0.2, 0) is 9.59 Å². The topological polar surface area (TPSA) is 90.7 Å².